The van der Waals surface area contributed by atoms with E-state index in [4.69, 9.17) is 4.74 Å². The van der Waals surface area contributed by atoms with Crippen LogP contribution in [0.25, 0.3) is 10.2 Å². The highest BCUT2D eigenvalue weighted by Crippen LogP contribution is 2.46. The Hall–Kier alpha value is -4.44. The van der Waals surface area contributed by atoms with E-state index in [1.807, 2.05) is 75.4 Å². The first-order valence-electron chi connectivity index (χ1n) is 13.7. The second-order valence-electron chi connectivity index (χ2n) is 9.51. The Kier molecular flexibility index (Phi) is 9.57. The number of nitrogens with two attached hydrogens (primary N) is 1. The number of urea groups is 1. The van der Waals surface area contributed by atoms with Crippen LogP contribution in [0, 0.1) is 6.92 Å². The summed E-state index contributed by atoms with van der Waals surface area (Å²) in [6, 6.07) is 16.9. The summed E-state index contributed by atoms with van der Waals surface area (Å²) in [4.78, 5) is 43.0. The Balaban J connectivity index is 0.000000596. The van der Waals surface area contributed by atoms with Crippen molar-refractivity contribution in [2.45, 2.75) is 59.4 Å². The molecule has 4 aromatic rings. The van der Waals surface area contributed by atoms with Gasteiger partial charge in [-0.1, -0.05) is 44.9 Å². The number of hydrogen-bond acceptors (Lipinski definition) is 6. The molecule has 0 unspecified atom stereocenters. The molecule has 6 rings (SSSR count). The van der Waals surface area contributed by atoms with Gasteiger partial charge in [0.25, 0.3) is 5.91 Å². The van der Waals surface area contributed by atoms with Gasteiger partial charge in [0.05, 0.1) is 22.4 Å². The number of para-hydroxylation sites is 1. The molecule has 1 aliphatic carbocycles. The number of benzene rings is 2. The summed E-state index contributed by atoms with van der Waals surface area (Å²) in [5.41, 5.74) is 7.36. The highest BCUT2D eigenvalue weighted by molar-refractivity contribution is 7.21. The summed E-state index contributed by atoms with van der Waals surface area (Å²) in [5, 5.41) is 6.90. The van der Waals surface area contributed by atoms with E-state index < -0.39 is 0 Å². The molecule has 1 fully saturated rings. The minimum Gasteiger partial charge on any atom is -0.457 e. The molecule has 2 aliphatic rings. The third-order valence-electron chi connectivity index (χ3n) is 6.53. The van der Waals surface area contributed by atoms with Crippen LogP contribution in [-0.2, 0) is 4.79 Å². The monoisotopic (exact) mass is 573 g/mol. The number of rotatable bonds is 5. The molecule has 2 aromatic heterocycles. The highest BCUT2D eigenvalue weighted by atomic mass is 32.1. The molecule has 4 N–H and O–H groups in total. The number of carbonyl (C=O) groups excluding carboxylic acids is 3. The van der Waals surface area contributed by atoms with Gasteiger partial charge >= 0.3 is 6.03 Å². The van der Waals surface area contributed by atoms with E-state index in [0.29, 0.717) is 22.0 Å². The molecule has 1 saturated carbocycles. The SMILES string of the molecule is CC.CC(N)=O.Cc1cc(Oc2ccccc2)ccc1N1C(=O)Nc2c(C(=O)NC3CCCC3)sc3nccc1c23. The number of nitrogens with zero attached hydrogens (tertiary/aromatic N) is 2. The topological polar surface area (TPSA) is 127 Å². The number of aryl methyl sites for hydroxylation is 1. The van der Waals surface area contributed by atoms with Gasteiger partial charge in [-0.3, -0.25) is 14.5 Å². The van der Waals surface area contributed by atoms with Gasteiger partial charge in [-0.25, -0.2) is 9.78 Å². The van der Waals surface area contributed by atoms with E-state index in [-0.39, 0.29) is 23.9 Å². The summed E-state index contributed by atoms with van der Waals surface area (Å²) in [5.74, 6) is 0.961. The summed E-state index contributed by atoms with van der Waals surface area (Å²) >= 11 is 1.32. The molecule has 0 radical (unpaired) electrons. The van der Waals surface area contributed by atoms with Crippen molar-refractivity contribution in [1.82, 2.24) is 10.3 Å². The Labute approximate surface area is 243 Å². The van der Waals surface area contributed by atoms with Crippen molar-refractivity contribution in [3.8, 4) is 11.5 Å². The smallest absolute Gasteiger partial charge is 0.331 e. The first kappa shape index (κ1) is 29.5. The minimum atomic E-state index is -0.333. The highest BCUT2D eigenvalue weighted by Gasteiger charge is 2.33. The number of aromatic nitrogens is 1. The third-order valence-corrected chi connectivity index (χ3v) is 7.63. The molecule has 1 aliphatic heterocycles. The first-order valence-corrected chi connectivity index (χ1v) is 14.6. The lowest BCUT2D eigenvalue weighted by atomic mass is 10.1. The number of pyridine rings is 1. The molecule has 3 heterocycles. The zero-order valence-corrected chi connectivity index (χ0v) is 24.5. The minimum absolute atomic E-state index is 0.145. The summed E-state index contributed by atoms with van der Waals surface area (Å²) in [7, 11) is 0. The zero-order valence-electron chi connectivity index (χ0n) is 23.7. The fourth-order valence-electron chi connectivity index (χ4n) is 4.87. The largest absolute Gasteiger partial charge is 0.457 e. The van der Waals surface area contributed by atoms with Crippen molar-refractivity contribution in [3.63, 3.8) is 0 Å². The Morgan fingerprint density at radius 3 is 2.39 bits per heavy atom. The first-order chi connectivity index (χ1) is 19.8. The molecular formula is C31H35N5O4S. The van der Waals surface area contributed by atoms with Crippen molar-refractivity contribution in [1.29, 1.82) is 0 Å². The van der Waals surface area contributed by atoms with Gasteiger partial charge in [0.15, 0.2) is 0 Å². The fourth-order valence-corrected chi connectivity index (χ4v) is 5.89. The lowest BCUT2D eigenvalue weighted by molar-refractivity contribution is -0.115. The average molecular weight is 574 g/mol. The zero-order chi connectivity index (χ0) is 29.5. The number of primary amides is 1. The number of anilines is 3. The van der Waals surface area contributed by atoms with Crippen molar-refractivity contribution in [3.05, 3.63) is 71.2 Å². The molecule has 0 spiro atoms. The number of thiophene rings is 1. The van der Waals surface area contributed by atoms with Crippen LogP contribution in [0.15, 0.2) is 60.8 Å². The average Bonchev–Trinajstić information content (AvgIpc) is 3.60. The number of carbonyl (C=O) groups is 3. The van der Waals surface area contributed by atoms with Crippen LogP contribution in [0.4, 0.5) is 21.9 Å². The van der Waals surface area contributed by atoms with Crippen LogP contribution >= 0.6 is 11.3 Å². The summed E-state index contributed by atoms with van der Waals surface area (Å²) in [6.07, 6.45) is 5.95. The lowest BCUT2D eigenvalue weighted by Crippen LogP contribution is -2.36. The Morgan fingerprint density at radius 2 is 1.73 bits per heavy atom. The number of hydrogen-bond donors (Lipinski definition) is 3. The van der Waals surface area contributed by atoms with E-state index in [2.05, 4.69) is 21.4 Å². The molecule has 2 aromatic carbocycles. The second-order valence-corrected chi connectivity index (χ2v) is 10.5. The fraction of sp³-hybridized carbons (Fsp3) is 0.290. The molecule has 0 bridgehead atoms. The molecule has 0 saturated heterocycles. The maximum atomic E-state index is 13.4. The van der Waals surface area contributed by atoms with Gasteiger partial charge in [0.1, 0.15) is 21.2 Å². The molecule has 9 nitrogen and oxygen atoms in total. The van der Waals surface area contributed by atoms with Gasteiger partial charge < -0.3 is 21.1 Å². The predicted molar refractivity (Wildman–Crippen MR) is 164 cm³/mol. The molecule has 41 heavy (non-hydrogen) atoms. The normalized spacial score (nSPS) is 13.9. The number of amides is 4. The third kappa shape index (κ3) is 6.66. The van der Waals surface area contributed by atoms with Crippen molar-refractivity contribution in [2.75, 3.05) is 10.2 Å². The van der Waals surface area contributed by atoms with Gasteiger partial charge in [0, 0.05) is 19.2 Å². The van der Waals surface area contributed by atoms with Gasteiger partial charge in [-0.05, 0) is 61.7 Å². The van der Waals surface area contributed by atoms with Crippen LogP contribution in [0.5, 0.6) is 11.5 Å². The summed E-state index contributed by atoms with van der Waals surface area (Å²) in [6.45, 7) is 7.25. The molecule has 10 heteroatoms. The second kappa shape index (κ2) is 13.3. The van der Waals surface area contributed by atoms with Crippen molar-refractivity contribution in [2.24, 2.45) is 5.73 Å². The standard InChI is InChI=1S/C27H24N4O3S.C2H5NO.C2H6/c1-16-15-19(34-18-9-3-2-4-10-18)11-12-20(16)31-21-13-14-28-26-22(21)23(30-27(31)33)24(35-26)25(32)29-17-7-5-6-8-17;1-2(3)4;1-2/h2-4,9-15,17H,5-8H2,1H3,(H,29,32)(H,30,33);1H3,(H2,3,4);1-2H3. The summed E-state index contributed by atoms with van der Waals surface area (Å²) < 4.78 is 5.95. The van der Waals surface area contributed by atoms with E-state index in [9.17, 15) is 14.4 Å². The molecule has 4 amide bonds. The van der Waals surface area contributed by atoms with E-state index in [0.717, 1.165) is 52.9 Å². The van der Waals surface area contributed by atoms with E-state index in [1.54, 1.807) is 11.1 Å². The van der Waals surface area contributed by atoms with Gasteiger partial charge in [0.2, 0.25) is 5.91 Å². The van der Waals surface area contributed by atoms with Crippen LogP contribution in [0.1, 0.15) is 61.7 Å². The van der Waals surface area contributed by atoms with Crippen LogP contribution in [-0.4, -0.2) is 28.9 Å². The van der Waals surface area contributed by atoms with E-state index in [1.165, 1.54) is 18.3 Å². The molecule has 214 valence electrons. The quantitative estimate of drug-likeness (QED) is 0.231. The molecule has 0 atom stereocenters. The number of ether oxygens (including phenoxy) is 1. The van der Waals surface area contributed by atoms with Crippen molar-refractivity contribution < 1.29 is 19.1 Å². The molecular weight excluding hydrogens is 538 g/mol. The lowest BCUT2D eigenvalue weighted by Gasteiger charge is -2.29. The number of nitrogens with one attached hydrogen (secondary N) is 2. The maximum Gasteiger partial charge on any atom is 0.331 e. The van der Waals surface area contributed by atoms with Gasteiger partial charge in [-0.2, -0.15) is 0 Å². The Bertz CT molecular complexity index is 1540. The van der Waals surface area contributed by atoms with Crippen LogP contribution in [0.3, 0.4) is 0 Å². The predicted octanol–water partition coefficient (Wildman–Crippen LogP) is 7.27. The van der Waals surface area contributed by atoms with Crippen LogP contribution < -0.4 is 26.0 Å². The van der Waals surface area contributed by atoms with E-state index >= 15 is 0 Å². The van der Waals surface area contributed by atoms with Gasteiger partial charge in [-0.15, -0.1) is 11.3 Å². The maximum absolute atomic E-state index is 13.4. The van der Waals surface area contributed by atoms with Crippen LogP contribution in [0.2, 0.25) is 0 Å². The Morgan fingerprint density at radius 1 is 1.05 bits per heavy atom. The van der Waals surface area contributed by atoms with Crippen molar-refractivity contribution >= 4 is 56.5 Å².